The van der Waals surface area contributed by atoms with Crippen molar-refractivity contribution in [2.24, 2.45) is 0 Å². The van der Waals surface area contributed by atoms with Crippen LogP contribution in [0, 0.1) is 0 Å². The Kier molecular flexibility index (Phi) is 6.29. The fourth-order valence-electron chi connectivity index (χ4n) is 3.46. The Hall–Kier alpha value is -3.03. The van der Waals surface area contributed by atoms with Crippen LogP contribution in [0.25, 0.3) is 0 Å². The van der Waals surface area contributed by atoms with Gasteiger partial charge in [0.1, 0.15) is 11.6 Å². The van der Waals surface area contributed by atoms with E-state index in [-0.39, 0.29) is 18.7 Å². The average Bonchev–Trinajstić information content (AvgIpc) is 2.66. The highest BCUT2D eigenvalue weighted by atomic mass is 19.4. The molecule has 0 saturated heterocycles. The molecule has 0 fully saturated rings. The molecule has 2 aromatic carbocycles. The Morgan fingerprint density at radius 2 is 1.81 bits per heavy atom. The fraction of sp³-hybridized carbons (Fsp3) is 0.391. The highest BCUT2D eigenvalue weighted by molar-refractivity contribution is 6.01. The number of amides is 2. The Labute approximate surface area is 179 Å². The molecule has 0 radical (unpaired) electrons. The topological polar surface area (TPSA) is 58.6 Å². The van der Waals surface area contributed by atoms with E-state index < -0.39 is 35.4 Å². The lowest BCUT2D eigenvalue weighted by molar-refractivity contribution is -0.137. The zero-order valence-corrected chi connectivity index (χ0v) is 17.6. The first-order chi connectivity index (χ1) is 14.4. The molecular weight excluding hydrogens is 409 g/mol. The molecule has 3 rings (SSSR count). The van der Waals surface area contributed by atoms with Crippen molar-refractivity contribution in [3.8, 4) is 0 Å². The highest BCUT2D eigenvalue weighted by Gasteiger charge is 2.37. The molecule has 1 N–H and O–H groups in total. The third-order valence-electron chi connectivity index (χ3n) is 4.85. The molecule has 166 valence electrons. The maximum atomic E-state index is 13.3. The van der Waals surface area contributed by atoms with E-state index in [0.29, 0.717) is 12.0 Å². The molecule has 1 atom stereocenters. The summed E-state index contributed by atoms with van der Waals surface area (Å²) in [5, 5.41) is 2.56. The van der Waals surface area contributed by atoms with Crippen LogP contribution in [-0.4, -0.2) is 30.2 Å². The predicted octanol–water partition coefficient (Wildman–Crippen LogP) is 4.73. The quantitative estimate of drug-likeness (QED) is 0.757. The number of carbonyl (C=O) groups excluding carboxylic acids is 2. The summed E-state index contributed by atoms with van der Waals surface area (Å²) in [4.78, 5) is 26.7. The van der Waals surface area contributed by atoms with E-state index in [4.69, 9.17) is 4.74 Å². The maximum Gasteiger partial charge on any atom is 0.416 e. The number of hydrogen-bond donors (Lipinski definition) is 1. The number of alkyl carbamates (subject to hydrolysis) is 1. The van der Waals surface area contributed by atoms with E-state index in [1.807, 2.05) is 30.3 Å². The van der Waals surface area contributed by atoms with Crippen molar-refractivity contribution in [1.29, 1.82) is 0 Å². The van der Waals surface area contributed by atoms with Gasteiger partial charge < -0.3 is 15.0 Å². The number of benzene rings is 2. The SMILES string of the molecule is CC(C)(C)OC(=O)N[C@@H]1Cc2ccc(C(F)(F)F)cc2N(CCc2ccccc2)C1=O. The van der Waals surface area contributed by atoms with Gasteiger partial charge in [-0.3, -0.25) is 4.79 Å². The van der Waals surface area contributed by atoms with Crippen LogP contribution in [-0.2, 0) is 28.5 Å². The van der Waals surface area contributed by atoms with E-state index in [2.05, 4.69) is 5.32 Å². The Morgan fingerprint density at radius 1 is 1.13 bits per heavy atom. The zero-order valence-electron chi connectivity index (χ0n) is 17.6. The van der Waals surface area contributed by atoms with Gasteiger partial charge in [0, 0.05) is 18.7 Å². The second kappa shape index (κ2) is 8.61. The number of hydrogen-bond acceptors (Lipinski definition) is 3. The molecular formula is C23H25F3N2O3. The second-order valence-electron chi connectivity index (χ2n) is 8.47. The van der Waals surface area contributed by atoms with Gasteiger partial charge in [-0.2, -0.15) is 13.2 Å². The molecule has 8 heteroatoms. The Bertz CT molecular complexity index is 953. The first-order valence-corrected chi connectivity index (χ1v) is 9.99. The van der Waals surface area contributed by atoms with Crippen LogP contribution in [0.4, 0.5) is 23.7 Å². The summed E-state index contributed by atoms with van der Waals surface area (Å²) in [6.07, 6.45) is -4.71. The first-order valence-electron chi connectivity index (χ1n) is 9.99. The summed E-state index contributed by atoms with van der Waals surface area (Å²) in [5.74, 6) is -0.464. The number of carbonyl (C=O) groups is 2. The van der Waals surface area contributed by atoms with Crippen LogP contribution in [0.5, 0.6) is 0 Å². The summed E-state index contributed by atoms with van der Waals surface area (Å²) in [7, 11) is 0. The van der Waals surface area contributed by atoms with Crippen LogP contribution in [0.3, 0.4) is 0 Å². The second-order valence-corrected chi connectivity index (χ2v) is 8.47. The molecule has 0 bridgehead atoms. The molecule has 31 heavy (non-hydrogen) atoms. The normalized spacial score (nSPS) is 16.6. The minimum atomic E-state index is -4.52. The van der Waals surface area contributed by atoms with Crippen molar-refractivity contribution in [3.63, 3.8) is 0 Å². The minimum Gasteiger partial charge on any atom is -0.444 e. The number of fused-ring (bicyclic) bond motifs is 1. The third-order valence-corrected chi connectivity index (χ3v) is 4.85. The number of nitrogens with one attached hydrogen (secondary N) is 1. The van der Waals surface area contributed by atoms with Gasteiger partial charge in [-0.1, -0.05) is 36.4 Å². The first kappa shape index (κ1) is 22.7. The van der Waals surface area contributed by atoms with Crippen molar-refractivity contribution in [3.05, 3.63) is 65.2 Å². The smallest absolute Gasteiger partial charge is 0.416 e. The van der Waals surface area contributed by atoms with Crippen molar-refractivity contribution in [2.45, 2.75) is 51.4 Å². The van der Waals surface area contributed by atoms with Crippen LogP contribution in [0.2, 0.25) is 0 Å². The predicted molar refractivity (Wildman–Crippen MR) is 111 cm³/mol. The van der Waals surface area contributed by atoms with Gasteiger partial charge in [-0.25, -0.2) is 4.79 Å². The molecule has 2 aromatic rings. The van der Waals surface area contributed by atoms with E-state index in [0.717, 1.165) is 17.7 Å². The lowest BCUT2D eigenvalue weighted by Crippen LogP contribution is -2.54. The lowest BCUT2D eigenvalue weighted by atomic mass is 9.95. The van der Waals surface area contributed by atoms with Crippen molar-refractivity contribution in [1.82, 2.24) is 5.32 Å². The zero-order chi connectivity index (χ0) is 22.8. The van der Waals surface area contributed by atoms with E-state index >= 15 is 0 Å². The van der Waals surface area contributed by atoms with Crippen molar-refractivity contribution >= 4 is 17.7 Å². The van der Waals surface area contributed by atoms with Crippen LogP contribution < -0.4 is 10.2 Å². The Morgan fingerprint density at radius 3 is 2.42 bits per heavy atom. The van der Waals surface area contributed by atoms with E-state index in [1.165, 1.54) is 11.0 Å². The van der Waals surface area contributed by atoms with Crippen molar-refractivity contribution in [2.75, 3.05) is 11.4 Å². The van der Waals surface area contributed by atoms with Gasteiger partial charge in [0.05, 0.1) is 5.56 Å². The Balaban J connectivity index is 1.89. The standard InChI is InChI=1S/C23H25F3N2O3/c1-22(2,3)31-21(30)27-18-13-16-9-10-17(23(24,25)26)14-19(16)28(20(18)29)12-11-15-7-5-4-6-8-15/h4-10,14,18H,11-13H2,1-3H3,(H,27,30)/t18-/m1/s1. The number of halogens is 3. The average molecular weight is 434 g/mol. The van der Waals surface area contributed by atoms with Gasteiger partial charge in [0.15, 0.2) is 0 Å². The van der Waals surface area contributed by atoms with E-state index in [9.17, 15) is 22.8 Å². The number of ether oxygens (including phenoxy) is 1. The summed E-state index contributed by atoms with van der Waals surface area (Å²) in [6, 6.07) is 11.8. The van der Waals surface area contributed by atoms with Gasteiger partial charge in [0.2, 0.25) is 5.91 Å². The fourth-order valence-corrected chi connectivity index (χ4v) is 3.46. The van der Waals surface area contributed by atoms with Gasteiger partial charge in [-0.15, -0.1) is 0 Å². The minimum absolute atomic E-state index is 0.0907. The van der Waals surface area contributed by atoms with Gasteiger partial charge in [0.25, 0.3) is 0 Å². The number of anilines is 1. The van der Waals surface area contributed by atoms with E-state index in [1.54, 1.807) is 20.8 Å². The molecule has 0 spiro atoms. The van der Waals surface area contributed by atoms with Crippen LogP contribution >= 0.6 is 0 Å². The van der Waals surface area contributed by atoms with Crippen LogP contribution in [0.15, 0.2) is 48.5 Å². The summed E-state index contributed by atoms with van der Waals surface area (Å²) in [6.45, 7) is 5.30. The van der Waals surface area contributed by atoms with Crippen LogP contribution in [0.1, 0.15) is 37.5 Å². The molecule has 1 aliphatic heterocycles. The largest absolute Gasteiger partial charge is 0.444 e. The molecule has 0 saturated carbocycles. The highest BCUT2D eigenvalue weighted by Crippen LogP contribution is 2.36. The molecule has 0 aliphatic carbocycles. The molecule has 0 unspecified atom stereocenters. The number of nitrogens with zero attached hydrogens (tertiary/aromatic N) is 1. The lowest BCUT2D eigenvalue weighted by Gasteiger charge is -2.35. The maximum absolute atomic E-state index is 13.3. The monoisotopic (exact) mass is 434 g/mol. The molecule has 1 aliphatic rings. The van der Waals surface area contributed by atoms with Gasteiger partial charge >= 0.3 is 12.3 Å². The third kappa shape index (κ3) is 5.77. The summed E-state index contributed by atoms with van der Waals surface area (Å²) < 4.78 is 45.0. The van der Waals surface area contributed by atoms with Gasteiger partial charge in [-0.05, 0) is 50.5 Å². The molecule has 2 amide bonds. The van der Waals surface area contributed by atoms with Crippen molar-refractivity contribution < 1.29 is 27.5 Å². The number of alkyl halides is 3. The molecule has 0 aromatic heterocycles. The number of rotatable bonds is 4. The molecule has 5 nitrogen and oxygen atoms in total. The molecule has 1 heterocycles. The summed E-state index contributed by atoms with van der Waals surface area (Å²) in [5.41, 5.74) is 0.169. The summed E-state index contributed by atoms with van der Waals surface area (Å²) >= 11 is 0.